The van der Waals surface area contributed by atoms with E-state index in [2.05, 4.69) is 13.5 Å². The van der Waals surface area contributed by atoms with Gasteiger partial charge in [-0.1, -0.05) is 37.6 Å². The summed E-state index contributed by atoms with van der Waals surface area (Å²) >= 11 is 0. The highest BCUT2D eigenvalue weighted by molar-refractivity contribution is 5.21. The molecule has 0 radical (unpaired) electrons. The molecule has 0 bridgehead atoms. The minimum Gasteiger partial charge on any atom is -0.402 e. The van der Waals surface area contributed by atoms with E-state index in [4.69, 9.17) is 5.73 Å². The molecule has 0 aromatic carbocycles. The fourth-order valence-corrected chi connectivity index (χ4v) is 0.679. The lowest BCUT2D eigenvalue weighted by molar-refractivity contribution is 0.893. The summed E-state index contributed by atoms with van der Waals surface area (Å²) in [6.07, 6.45) is 7.82. The summed E-state index contributed by atoms with van der Waals surface area (Å²) in [6, 6.07) is 0. The van der Waals surface area contributed by atoms with Crippen molar-refractivity contribution in [2.75, 3.05) is 0 Å². The predicted octanol–water partition coefficient (Wildman–Crippen LogP) is 2.76. The Kier molecular flexibility index (Phi) is 5.26. The molecule has 0 aliphatic heterocycles. The first kappa shape index (κ1) is 10.0. The van der Waals surface area contributed by atoms with Crippen LogP contribution in [0.2, 0.25) is 0 Å². The van der Waals surface area contributed by atoms with Gasteiger partial charge in [0.1, 0.15) is 0 Å². The van der Waals surface area contributed by atoms with Gasteiger partial charge in [0.15, 0.2) is 0 Å². The summed E-state index contributed by atoms with van der Waals surface area (Å²) in [5, 5.41) is 0. The molecule has 0 aliphatic carbocycles. The highest BCUT2D eigenvalue weighted by Crippen LogP contribution is 1.99. The molecule has 0 unspecified atom stereocenters. The quantitative estimate of drug-likeness (QED) is 0.614. The molecule has 0 amide bonds. The van der Waals surface area contributed by atoms with Crippen LogP contribution in [-0.4, -0.2) is 0 Å². The fraction of sp³-hybridized carbons (Fsp3) is 0.400. The lowest BCUT2D eigenvalue weighted by Gasteiger charge is -1.94. The van der Waals surface area contributed by atoms with E-state index in [1.54, 1.807) is 0 Å². The maximum atomic E-state index is 5.67. The minimum atomic E-state index is 0.939. The Morgan fingerprint density at radius 3 is 2.55 bits per heavy atom. The zero-order chi connectivity index (χ0) is 8.69. The first-order valence-electron chi connectivity index (χ1n) is 3.96. The van der Waals surface area contributed by atoms with E-state index in [0.717, 1.165) is 24.1 Å². The molecule has 0 saturated carbocycles. The molecule has 1 heteroatoms. The smallest absolute Gasteiger partial charge is 0.00804 e. The Balaban J connectivity index is 3.99. The van der Waals surface area contributed by atoms with Crippen LogP contribution in [0.3, 0.4) is 0 Å². The van der Waals surface area contributed by atoms with Crippen molar-refractivity contribution in [1.82, 2.24) is 0 Å². The number of nitrogens with two attached hydrogens (primary N) is 1. The molecular formula is C10H17N. The molecule has 0 aromatic heterocycles. The second-order valence-electron chi connectivity index (χ2n) is 2.61. The molecule has 0 atom stereocenters. The van der Waals surface area contributed by atoms with Crippen molar-refractivity contribution in [3.63, 3.8) is 0 Å². The van der Waals surface area contributed by atoms with E-state index in [-0.39, 0.29) is 0 Å². The normalized spacial score (nSPS) is 13.3. The number of allylic oxidation sites excluding steroid dienone is 5. The lowest BCUT2D eigenvalue weighted by atomic mass is 10.2. The largest absolute Gasteiger partial charge is 0.402 e. The summed E-state index contributed by atoms with van der Waals surface area (Å²) in [6.45, 7) is 7.76. The van der Waals surface area contributed by atoms with Crippen molar-refractivity contribution in [3.8, 4) is 0 Å². The van der Waals surface area contributed by atoms with Crippen LogP contribution >= 0.6 is 0 Å². The van der Waals surface area contributed by atoms with Crippen LogP contribution in [0.15, 0.2) is 36.1 Å². The maximum Gasteiger partial charge on any atom is 0.00804 e. The third-order valence-electron chi connectivity index (χ3n) is 1.42. The van der Waals surface area contributed by atoms with Crippen molar-refractivity contribution in [3.05, 3.63) is 36.1 Å². The van der Waals surface area contributed by atoms with Crippen LogP contribution in [0.5, 0.6) is 0 Å². The third kappa shape index (κ3) is 5.46. The highest BCUT2D eigenvalue weighted by atomic mass is 14.6. The Morgan fingerprint density at radius 1 is 1.45 bits per heavy atom. The molecule has 1 nitrogen and oxygen atoms in total. The molecular weight excluding hydrogens is 134 g/mol. The molecule has 0 aromatic rings. The molecule has 0 spiro atoms. The number of hydrogen-bond donors (Lipinski definition) is 1. The zero-order valence-corrected chi connectivity index (χ0v) is 7.43. The number of hydrogen-bond acceptors (Lipinski definition) is 1. The van der Waals surface area contributed by atoms with Crippen molar-refractivity contribution >= 4 is 0 Å². The van der Waals surface area contributed by atoms with Gasteiger partial charge in [-0.2, -0.15) is 0 Å². The Labute approximate surface area is 69.3 Å². The third-order valence-corrected chi connectivity index (χ3v) is 1.42. The van der Waals surface area contributed by atoms with Gasteiger partial charge >= 0.3 is 0 Å². The van der Waals surface area contributed by atoms with Gasteiger partial charge in [0.25, 0.3) is 0 Å². The van der Waals surface area contributed by atoms with Crippen LogP contribution in [0, 0.1) is 0 Å². The molecule has 11 heavy (non-hydrogen) atoms. The maximum absolute atomic E-state index is 5.67. The molecule has 0 aliphatic rings. The first-order chi connectivity index (χ1) is 5.20. The molecule has 0 fully saturated rings. The fourth-order valence-electron chi connectivity index (χ4n) is 0.679. The highest BCUT2D eigenvalue weighted by Gasteiger charge is 1.84. The summed E-state index contributed by atoms with van der Waals surface area (Å²) in [5.74, 6) is 0. The van der Waals surface area contributed by atoms with Crippen LogP contribution in [-0.2, 0) is 0 Å². The predicted molar refractivity (Wildman–Crippen MR) is 51.1 cm³/mol. The molecule has 0 rings (SSSR count). The number of rotatable bonds is 4. The van der Waals surface area contributed by atoms with Gasteiger partial charge in [-0.3, -0.25) is 0 Å². The minimum absolute atomic E-state index is 0.939. The zero-order valence-electron chi connectivity index (χ0n) is 7.43. The van der Waals surface area contributed by atoms with E-state index in [0.29, 0.717) is 0 Å². The summed E-state index contributed by atoms with van der Waals surface area (Å²) < 4.78 is 0. The van der Waals surface area contributed by atoms with Gasteiger partial charge in [0.05, 0.1) is 0 Å². The second-order valence-corrected chi connectivity index (χ2v) is 2.61. The molecule has 0 heterocycles. The Hall–Kier alpha value is -0.980. The summed E-state index contributed by atoms with van der Waals surface area (Å²) in [4.78, 5) is 0. The Morgan fingerprint density at radius 2 is 2.09 bits per heavy atom. The average Bonchev–Trinajstić information content (AvgIpc) is 2.01. The van der Waals surface area contributed by atoms with Crippen molar-refractivity contribution in [1.29, 1.82) is 0 Å². The standard InChI is InChI=1S/C10H17N/c1-4-6-10(11)8-7-9(3)5-2/h5,7-8H,2,4,6,11H2,1,3H3/b9-7-,10-8-. The Bertz CT molecular complexity index is 175. The van der Waals surface area contributed by atoms with Crippen LogP contribution in [0.4, 0.5) is 0 Å². The van der Waals surface area contributed by atoms with Crippen LogP contribution in [0.25, 0.3) is 0 Å². The topological polar surface area (TPSA) is 26.0 Å². The lowest BCUT2D eigenvalue weighted by Crippen LogP contribution is -1.94. The SMILES string of the molecule is C=C/C(C)=C\C=C(/N)CCC. The summed E-state index contributed by atoms with van der Waals surface area (Å²) in [7, 11) is 0. The molecule has 2 N–H and O–H groups in total. The van der Waals surface area contributed by atoms with Crippen LogP contribution < -0.4 is 5.73 Å². The average molecular weight is 151 g/mol. The van der Waals surface area contributed by atoms with E-state index in [1.165, 1.54) is 0 Å². The van der Waals surface area contributed by atoms with Gasteiger partial charge < -0.3 is 5.73 Å². The molecule has 0 saturated heterocycles. The van der Waals surface area contributed by atoms with E-state index < -0.39 is 0 Å². The summed E-state index contributed by atoms with van der Waals surface area (Å²) in [5.41, 5.74) is 7.75. The van der Waals surface area contributed by atoms with Gasteiger partial charge in [0.2, 0.25) is 0 Å². The van der Waals surface area contributed by atoms with Crippen molar-refractivity contribution in [2.24, 2.45) is 5.73 Å². The van der Waals surface area contributed by atoms with E-state index >= 15 is 0 Å². The molecule has 62 valence electrons. The van der Waals surface area contributed by atoms with Crippen molar-refractivity contribution in [2.45, 2.75) is 26.7 Å². The second kappa shape index (κ2) is 5.78. The monoisotopic (exact) mass is 151 g/mol. The van der Waals surface area contributed by atoms with Crippen molar-refractivity contribution < 1.29 is 0 Å². The van der Waals surface area contributed by atoms with E-state index in [9.17, 15) is 0 Å². The van der Waals surface area contributed by atoms with Gasteiger partial charge in [-0.25, -0.2) is 0 Å². The van der Waals surface area contributed by atoms with Gasteiger partial charge in [0, 0.05) is 5.70 Å². The van der Waals surface area contributed by atoms with Gasteiger partial charge in [-0.05, 0) is 19.4 Å². The van der Waals surface area contributed by atoms with Crippen LogP contribution in [0.1, 0.15) is 26.7 Å². The van der Waals surface area contributed by atoms with E-state index in [1.807, 2.05) is 25.2 Å². The first-order valence-corrected chi connectivity index (χ1v) is 3.96. The van der Waals surface area contributed by atoms with Gasteiger partial charge in [-0.15, -0.1) is 0 Å².